The van der Waals surface area contributed by atoms with Crippen molar-refractivity contribution in [3.63, 3.8) is 0 Å². The second kappa shape index (κ2) is 5.29. The van der Waals surface area contributed by atoms with Crippen molar-refractivity contribution in [2.24, 2.45) is 0 Å². The molecule has 1 aromatic heterocycles. The molecule has 0 saturated heterocycles. The van der Waals surface area contributed by atoms with Gasteiger partial charge in [0.25, 0.3) is 0 Å². The van der Waals surface area contributed by atoms with Gasteiger partial charge in [-0.05, 0) is 24.3 Å². The van der Waals surface area contributed by atoms with Crippen LogP contribution >= 0.6 is 0 Å². The molecule has 2 aromatic carbocycles. The molecule has 0 saturated carbocycles. The summed E-state index contributed by atoms with van der Waals surface area (Å²) < 4.78 is 39.3. The summed E-state index contributed by atoms with van der Waals surface area (Å²) in [6.07, 6.45) is -3.29. The van der Waals surface area contributed by atoms with E-state index in [1.807, 2.05) is 30.3 Å². The molecule has 1 heterocycles. The average molecular weight is 303 g/mol. The molecule has 112 valence electrons. The molecule has 0 unspecified atom stereocenters. The number of alkyl halides is 3. The molecule has 0 amide bonds. The Balaban J connectivity index is 2.20. The van der Waals surface area contributed by atoms with Gasteiger partial charge in [0, 0.05) is 18.1 Å². The normalized spacial score (nSPS) is 11.6. The first-order chi connectivity index (χ1) is 10.5. The summed E-state index contributed by atoms with van der Waals surface area (Å²) in [5.74, 6) is 0.433. The molecule has 3 nitrogen and oxygen atoms in total. The van der Waals surface area contributed by atoms with Gasteiger partial charge in [0.15, 0.2) is 0 Å². The zero-order valence-corrected chi connectivity index (χ0v) is 11.7. The van der Waals surface area contributed by atoms with E-state index in [0.29, 0.717) is 11.2 Å². The molecule has 0 aliphatic carbocycles. The first kappa shape index (κ1) is 14.3. The Morgan fingerprint density at radius 3 is 2.32 bits per heavy atom. The van der Waals surface area contributed by atoms with Crippen LogP contribution in [-0.2, 0) is 6.18 Å². The van der Waals surface area contributed by atoms with Crippen LogP contribution in [0.15, 0.2) is 54.9 Å². The molecular formula is C16H12F3N3. The second-order valence-electron chi connectivity index (χ2n) is 4.79. The van der Waals surface area contributed by atoms with Crippen LogP contribution in [0.2, 0.25) is 0 Å². The molecule has 3 rings (SSSR count). The lowest BCUT2D eigenvalue weighted by Crippen LogP contribution is -2.13. The fraction of sp³-hybridized carbons (Fsp3) is 0.125. The number of nitrogens with zero attached hydrogens (tertiary/aromatic N) is 3. The zero-order valence-electron chi connectivity index (χ0n) is 11.7. The maximum atomic E-state index is 13.1. The summed E-state index contributed by atoms with van der Waals surface area (Å²) >= 11 is 0. The van der Waals surface area contributed by atoms with Gasteiger partial charge < -0.3 is 4.90 Å². The Morgan fingerprint density at radius 1 is 0.909 bits per heavy atom. The van der Waals surface area contributed by atoms with Crippen molar-refractivity contribution >= 4 is 22.4 Å². The summed E-state index contributed by atoms with van der Waals surface area (Å²) in [6.45, 7) is 0. The van der Waals surface area contributed by atoms with Gasteiger partial charge in [-0.15, -0.1) is 0 Å². The Labute approximate surface area is 125 Å². The van der Waals surface area contributed by atoms with E-state index in [-0.39, 0.29) is 5.52 Å². The second-order valence-corrected chi connectivity index (χ2v) is 4.79. The van der Waals surface area contributed by atoms with Crippen LogP contribution in [0, 0.1) is 0 Å². The smallest absolute Gasteiger partial charge is 0.329 e. The fourth-order valence-corrected chi connectivity index (χ4v) is 2.34. The number of fused-ring (bicyclic) bond motifs is 1. The number of halogens is 3. The Kier molecular flexibility index (Phi) is 3.44. The largest absolute Gasteiger partial charge is 0.418 e. The van der Waals surface area contributed by atoms with Crippen LogP contribution < -0.4 is 4.90 Å². The van der Waals surface area contributed by atoms with E-state index in [9.17, 15) is 13.2 Å². The third kappa shape index (κ3) is 2.47. The van der Waals surface area contributed by atoms with E-state index in [4.69, 9.17) is 0 Å². The lowest BCUT2D eigenvalue weighted by atomic mass is 10.1. The van der Waals surface area contributed by atoms with E-state index >= 15 is 0 Å². The van der Waals surface area contributed by atoms with Crippen LogP contribution in [-0.4, -0.2) is 17.0 Å². The maximum absolute atomic E-state index is 13.1. The monoisotopic (exact) mass is 303 g/mol. The number of benzene rings is 2. The summed E-state index contributed by atoms with van der Waals surface area (Å²) in [4.78, 5) is 9.72. The van der Waals surface area contributed by atoms with Crippen molar-refractivity contribution in [1.82, 2.24) is 9.97 Å². The topological polar surface area (TPSA) is 29.0 Å². The molecule has 0 N–H and O–H groups in total. The minimum absolute atomic E-state index is 0.0946. The molecule has 22 heavy (non-hydrogen) atoms. The summed E-state index contributed by atoms with van der Waals surface area (Å²) in [7, 11) is 1.76. The van der Waals surface area contributed by atoms with Crippen molar-refractivity contribution in [3.8, 4) is 0 Å². The minimum atomic E-state index is -4.45. The number of hydrogen-bond acceptors (Lipinski definition) is 3. The summed E-state index contributed by atoms with van der Waals surface area (Å²) in [5, 5.41) is 0.365. The minimum Gasteiger partial charge on any atom is -0.329 e. The SMILES string of the molecule is CN(c1ccccc1)c1ncnc2c(C(F)(F)F)cccc12. The molecule has 0 radical (unpaired) electrons. The van der Waals surface area contributed by atoms with Crippen LogP contribution in [0.25, 0.3) is 10.9 Å². The van der Waals surface area contributed by atoms with Crippen molar-refractivity contribution in [3.05, 3.63) is 60.4 Å². The number of rotatable bonds is 2. The Morgan fingerprint density at radius 2 is 1.64 bits per heavy atom. The maximum Gasteiger partial charge on any atom is 0.418 e. The van der Waals surface area contributed by atoms with Crippen molar-refractivity contribution < 1.29 is 13.2 Å². The molecular weight excluding hydrogens is 291 g/mol. The standard InChI is InChI=1S/C16H12F3N3/c1-22(11-6-3-2-4-7-11)15-12-8-5-9-13(16(17,18)19)14(12)20-10-21-15/h2-10H,1H3. The van der Waals surface area contributed by atoms with Crippen LogP contribution in [0.4, 0.5) is 24.7 Å². The van der Waals surface area contributed by atoms with Gasteiger partial charge in [-0.1, -0.05) is 24.3 Å². The third-order valence-electron chi connectivity index (χ3n) is 3.41. The van der Waals surface area contributed by atoms with Crippen LogP contribution in [0.5, 0.6) is 0 Å². The molecule has 0 fully saturated rings. The lowest BCUT2D eigenvalue weighted by Gasteiger charge is -2.20. The highest BCUT2D eigenvalue weighted by Crippen LogP contribution is 2.36. The lowest BCUT2D eigenvalue weighted by molar-refractivity contribution is -0.136. The van der Waals surface area contributed by atoms with Gasteiger partial charge in [-0.25, -0.2) is 9.97 Å². The predicted molar refractivity (Wildman–Crippen MR) is 79.0 cm³/mol. The zero-order chi connectivity index (χ0) is 15.7. The van der Waals surface area contributed by atoms with Gasteiger partial charge in [-0.2, -0.15) is 13.2 Å². The van der Waals surface area contributed by atoms with E-state index in [1.54, 1.807) is 18.0 Å². The molecule has 0 spiro atoms. The third-order valence-corrected chi connectivity index (χ3v) is 3.41. The van der Waals surface area contributed by atoms with Crippen LogP contribution in [0.1, 0.15) is 5.56 Å². The Bertz CT molecular complexity index is 801. The van der Waals surface area contributed by atoms with Crippen LogP contribution in [0.3, 0.4) is 0 Å². The van der Waals surface area contributed by atoms with Crippen molar-refractivity contribution in [2.75, 3.05) is 11.9 Å². The van der Waals surface area contributed by atoms with Crippen molar-refractivity contribution in [2.45, 2.75) is 6.18 Å². The molecule has 0 bridgehead atoms. The Hall–Kier alpha value is -2.63. The predicted octanol–water partition coefficient (Wildman–Crippen LogP) is 4.42. The molecule has 0 aliphatic rings. The molecule has 0 aliphatic heterocycles. The highest BCUT2D eigenvalue weighted by molar-refractivity contribution is 5.93. The van der Waals surface area contributed by atoms with Crippen molar-refractivity contribution in [1.29, 1.82) is 0 Å². The van der Waals surface area contributed by atoms with Gasteiger partial charge >= 0.3 is 6.18 Å². The number of para-hydroxylation sites is 2. The number of hydrogen-bond donors (Lipinski definition) is 0. The summed E-state index contributed by atoms with van der Waals surface area (Å²) in [5.41, 5.74) is -0.0159. The van der Waals surface area contributed by atoms with Gasteiger partial charge in [0.1, 0.15) is 12.1 Å². The molecule has 6 heteroatoms. The van der Waals surface area contributed by atoms with E-state index in [2.05, 4.69) is 9.97 Å². The number of anilines is 2. The molecule has 0 atom stereocenters. The highest BCUT2D eigenvalue weighted by Gasteiger charge is 2.33. The van der Waals surface area contributed by atoms with E-state index in [0.717, 1.165) is 18.1 Å². The van der Waals surface area contributed by atoms with Gasteiger partial charge in [0.05, 0.1) is 11.1 Å². The van der Waals surface area contributed by atoms with Gasteiger partial charge in [-0.3, -0.25) is 0 Å². The molecule has 3 aromatic rings. The van der Waals surface area contributed by atoms with Gasteiger partial charge in [0.2, 0.25) is 0 Å². The fourth-order valence-electron chi connectivity index (χ4n) is 2.34. The van der Waals surface area contributed by atoms with E-state index in [1.165, 1.54) is 6.07 Å². The van der Waals surface area contributed by atoms with E-state index < -0.39 is 11.7 Å². The summed E-state index contributed by atoms with van der Waals surface area (Å²) in [6, 6.07) is 13.3. The quantitative estimate of drug-likeness (QED) is 0.702. The average Bonchev–Trinajstić information content (AvgIpc) is 2.53. The first-order valence-corrected chi connectivity index (χ1v) is 6.58. The highest BCUT2D eigenvalue weighted by atomic mass is 19.4. The number of aromatic nitrogens is 2. The first-order valence-electron chi connectivity index (χ1n) is 6.58.